The zero-order valence-corrected chi connectivity index (χ0v) is 25.2. The smallest absolute Gasteiger partial charge is 0.246 e. The minimum absolute atomic E-state index is 0.0163. The molecule has 1 aliphatic carbocycles. The largest absolute Gasteiger partial charge is 0.497 e. The van der Waals surface area contributed by atoms with Crippen LogP contribution in [0, 0.1) is 30.6 Å². The summed E-state index contributed by atoms with van der Waals surface area (Å²) < 4.78 is 11.8. The SMILES string of the molecule is COc1ccc(CN2C(=O)[C@H]3[C@H](C(=O)Nc4ccc(C)c(Cl)c4)[C@H]4C=C[C@@]3(O4)[C@@H]2C(=O)N[C@@H]2CCC[C@H](C)[C@@H]2C)cc1. The van der Waals surface area contributed by atoms with Crippen LogP contribution in [0.4, 0.5) is 5.69 Å². The Hall–Kier alpha value is -3.36. The first-order valence-corrected chi connectivity index (χ1v) is 15.2. The first kappa shape index (κ1) is 28.7. The van der Waals surface area contributed by atoms with E-state index in [-0.39, 0.29) is 30.3 Å². The van der Waals surface area contributed by atoms with Crippen molar-refractivity contribution in [3.05, 3.63) is 70.8 Å². The van der Waals surface area contributed by atoms with Crippen LogP contribution in [0.15, 0.2) is 54.6 Å². The average Bonchev–Trinajstić information content (AvgIpc) is 3.61. The number of carbonyl (C=O) groups is 3. The number of fused-ring (bicyclic) bond motifs is 1. The monoisotopic (exact) mass is 591 g/mol. The Morgan fingerprint density at radius 3 is 2.60 bits per heavy atom. The lowest BCUT2D eigenvalue weighted by Crippen LogP contribution is -2.57. The molecule has 1 saturated carbocycles. The quantitative estimate of drug-likeness (QED) is 0.447. The molecule has 3 amide bonds. The Bertz CT molecular complexity index is 1430. The number of methoxy groups -OCH3 is 1. The van der Waals surface area contributed by atoms with Crippen molar-refractivity contribution in [2.45, 2.75) is 70.4 Å². The highest BCUT2D eigenvalue weighted by molar-refractivity contribution is 6.31. The van der Waals surface area contributed by atoms with E-state index in [4.69, 9.17) is 21.1 Å². The van der Waals surface area contributed by atoms with E-state index in [1.807, 2.05) is 49.4 Å². The molecule has 8 atom stereocenters. The van der Waals surface area contributed by atoms with E-state index in [1.165, 1.54) is 0 Å². The summed E-state index contributed by atoms with van der Waals surface area (Å²) in [5.74, 6) is -0.916. The summed E-state index contributed by atoms with van der Waals surface area (Å²) in [4.78, 5) is 43.9. The van der Waals surface area contributed by atoms with Crippen molar-refractivity contribution in [1.82, 2.24) is 10.2 Å². The predicted molar refractivity (Wildman–Crippen MR) is 160 cm³/mol. The number of rotatable bonds is 7. The maximum absolute atomic E-state index is 14.3. The van der Waals surface area contributed by atoms with Crippen LogP contribution in [0.1, 0.15) is 44.2 Å². The third-order valence-electron chi connectivity index (χ3n) is 9.91. The summed E-state index contributed by atoms with van der Waals surface area (Å²) in [5.41, 5.74) is 1.07. The van der Waals surface area contributed by atoms with E-state index in [2.05, 4.69) is 24.5 Å². The number of benzene rings is 2. The Balaban J connectivity index is 1.32. The number of likely N-dealkylation sites (tertiary alicyclic amines) is 1. The lowest BCUT2D eigenvalue weighted by Gasteiger charge is -2.38. The van der Waals surface area contributed by atoms with Crippen molar-refractivity contribution in [2.75, 3.05) is 12.4 Å². The Kier molecular flexibility index (Phi) is 7.56. The molecule has 6 rings (SSSR count). The molecule has 3 aliphatic heterocycles. The Labute approximate surface area is 251 Å². The van der Waals surface area contributed by atoms with Gasteiger partial charge < -0.3 is 25.0 Å². The molecule has 42 heavy (non-hydrogen) atoms. The van der Waals surface area contributed by atoms with Gasteiger partial charge in [0, 0.05) is 23.3 Å². The first-order chi connectivity index (χ1) is 20.1. The van der Waals surface area contributed by atoms with Crippen molar-refractivity contribution in [3.8, 4) is 5.75 Å². The number of halogens is 1. The molecule has 3 heterocycles. The lowest BCUT2D eigenvalue weighted by atomic mass is 9.73. The molecule has 2 saturated heterocycles. The topological polar surface area (TPSA) is 97.0 Å². The normalized spacial score (nSPS) is 33.0. The third-order valence-corrected chi connectivity index (χ3v) is 10.3. The maximum atomic E-state index is 14.3. The van der Waals surface area contributed by atoms with Gasteiger partial charge in [-0.15, -0.1) is 0 Å². The fourth-order valence-electron chi connectivity index (χ4n) is 7.31. The summed E-state index contributed by atoms with van der Waals surface area (Å²) in [7, 11) is 1.60. The zero-order valence-electron chi connectivity index (χ0n) is 24.4. The number of hydrogen-bond donors (Lipinski definition) is 2. The number of anilines is 1. The van der Waals surface area contributed by atoms with Crippen LogP contribution in [0.5, 0.6) is 5.75 Å². The van der Waals surface area contributed by atoms with Gasteiger partial charge in [-0.3, -0.25) is 14.4 Å². The van der Waals surface area contributed by atoms with Crippen LogP contribution >= 0.6 is 11.6 Å². The fraction of sp³-hybridized carbons (Fsp3) is 0.485. The number of amides is 3. The molecular formula is C33H38ClN3O5. The van der Waals surface area contributed by atoms with E-state index in [9.17, 15) is 14.4 Å². The minimum Gasteiger partial charge on any atom is -0.497 e. The summed E-state index contributed by atoms with van der Waals surface area (Å²) in [6, 6.07) is 11.9. The molecular weight excluding hydrogens is 554 g/mol. The van der Waals surface area contributed by atoms with E-state index < -0.39 is 29.6 Å². The number of nitrogens with zero attached hydrogens (tertiary/aromatic N) is 1. The molecule has 2 aromatic rings. The number of nitrogens with one attached hydrogen (secondary N) is 2. The van der Waals surface area contributed by atoms with Crippen LogP contribution in [0.3, 0.4) is 0 Å². The summed E-state index contributed by atoms with van der Waals surface area (Å²) >= 11 is 6.30. The number of ether oxygens (including phenoxy) is 2. The summed E-state index contributed by atoms with van der Waals surface area (Å²) in [6.45, 7) is 6.50. The van der Waals surface area contributed by atoms with E-state index >= 15 is 0 Å². The van der Waals surface area contributed by atoms with Crippen molar-refractivity contribution < 1.29 is 23.9 Å². The third kappa shape index (κ3) is 4.78. The van der Waals surface area contributed by atoms with E-state index in [1.54, 1.807) is 24.1 Å². The number of hydrogen-bond acceptors (Lipinski definition) is 5. The Morgan fingerprint density at radius 2 is 1.88 bits per heavy atom. The zero-order chi connectivity index (χ0) is 29.8. The van der Waals surface area contributed by atoms with Gasteiger partial charge in [-0.2, -0.15) is 0 Å². The maximum Gasteiger partial charge on any atom is 0.246 e. The van der Waals surface area contributed by atoms with E-state index in [0.29, 0.717) is 28.3 Å². The van der Waals surface area contributed by atoms with Crippen molar-refractivity contribution >= 4 is 35.0 Å². The minimum atomic E-state index is -1.23. The van der Waals surface area contributed by atoms with Gasteiger partial charge in [-0.05, 0) is 60.6 Å². The highest BCUT2D eigenvalue weighted by Gasteiger charge is 2.72. The summed E-state index contributed by atoms with van der Waals surface area (Å²) in [6.07, 6.45) is 6.16. The Morgan fingerprint density at radius 1 is 1.12 bits per heavy atom. The van der Waals surface area contributed by atoms with Gasteiger partial charge in [-0.25, -0.2) is 0 Å². The number of carbonyl (C=O) groups excluding carboxylic acids is 3. The van der Waals surface area contributed by atoms with Crippen molar-refractivity contribution in [1.29, 1.82) is 0 Å². The molecule has 1 spiro atoms. The molecule has 222 valence electrons. The van der Waals surface area contributed by atoms with Gasteiger partial charge >= 0.3 is 0 Å². The fourth-order valence-corrected chi connectivity index (χ4v) is 7.49. The molecule has 0 unspecified atom stereocenters. The van der Waals surface area contributed by atoms with Gasteiger partial charge in [0.05, 0.1) is 25.0 Å². The number of aryl methyl sites for hydroxylation is 1. The van der Waals surface area contributed by atoms with Gasteiger partial charge in [0.15, 0.2) is 0 Å². The van der Waals surface area contributed by atoms with Crippen molar-refractivity contribution in [2.24, 2.45) is 23.7 Å². The van der Waals surface area contributed by atoms with Crippen molar-refractivity contribution in [3.63, 3.8) is 0 Å². The molecule has 2 aromatic carbocycles. The molecule has 0 radical (unpaired) electrons. The lowest BCUT2D eigenvalue weighted by molar-refractivity contribution is -0.142. The second-order valence-electron chi connectivity index (χ2n) is 12.4. The molecule has 3 fully saturated rings. The highest BCUT2D eigenvalue weighted by Crippen LogP contribution is 2.55. The second kappa shape index (κ2) is 11.0. The van der Waals surface area contributed by atoms with Gasteiger partial charge in [0.1, 0.15) is 17.4 Å². The van der Waals surface area contributed by atoms with Crippen LogP contribution in [-0.2, 0) is 25.7 Å². The average molecular weight is 592 g/mol. The highest BCUT2D eigenvalue weighted by atomic mass is 35.5. The van der Waals surface area contributed by atoms with Crippen LogP contribution in [-0.4, -0.2) is 53.5 Å². The molecule has 8 nitrogen and oxygen atoms in total. The van der Waals surface area contributed by atoms with Gasteiger partial charge in [0.2, 0.25) is 17.7 Å². The first-order valence-electron chi connectivity index (χ1n) is 14.8. The van der Waals surface area contributed by atoms with Gasteiger partial charge in [0.25, 0.3) is 0 Å². The summed E-state index contributed by atoms with van der Waals surface area (Å²) in [5, 5.41) is 6.78. The molecule has 0 aromatic heterocycles. The predicted octanol–water partition coefficient (Wildman–Crippen LogP) is 4.89. The molecule has 2 N–H and O–H groups in total. The van der Waals surface area contributed by atoms with Gasteiger partial charge in [-0.1, -0.05) is 68.6 Å². The van der Waals surface area contributed by atoms with Crippen LogP contribution < -0.4 is 15.4 Å². The van der Waals surface area contributed by atoms with Crippen LogP contribution in [0.2, 0.25) is 5.02 Å². The molecule has 9 heteroatoms. The van der Waals surface area contributed by atoms with Crippen LogP contribution in [0.25, 0.3) is 0 Å². The molecule has 2 bridgehead atoms. The standard InChI is InChI=1S/C33H38ClN3O5/c1-18-6-5-7-25(20(18)3)36-31(39)29-33-15-14-26(42-33)27(30(38)35-22-11-8-19(2)24(34)16-22)28(33)32(40)37(29)17-21-9-12-23(41-4)13-10-21/h8-16,18,20,25-29H,5-7,17H2,1-4H3,(H,35,38)(H,36,39)/t18-,20-,25+,26+,27+,28+,29-,33-/m0/s1. The second-order valence-corrected chi connectivity index (χ2v) is 12.8. The van der Waals surface area contributed by atoms with E-state index in [0.717, 1.165) is 30.4 Å². The molecule has 4 aliphatic rings.